The van der Waals surface area contributed by atoms with Crippen molar-refractivity contribution in [1.29, 1.82) is 0 Å². The summed E-state index contributed by atoms with van der Waals surface area (Å²) in [5.74, 6) is -0.964. The van der Waals surface area contributed by atoms with Crippen LogP contribution in [0.3, 0.4) is 0 Å². The molecule has 0 amide bonds. The van der Waals surface area contributed by atoms with Gasteiger partial charge < -0.3 is 14.6 Å². The number of nitrogens with zero attached hydrogens (tertiary/aromatic N) is 2. The van der Waals surface area contributed by atoms with Gasteiger partial charge in [0.25, 0.3) is 5.56 Å². The van der Waals surface area contributed by atoms with Crippen LogP contribution in [-0.2, 0) is 6.54 Å². The fraction of sp³-hybridized carbons (Fsp3) is 0.368. The number of carboxylic acid groups (broad SMARTS) is 1. The lowest BCUT2D eigenvalue weighted by Gasteiger charge is -2.26. The highest BCUT2D eigenvalue weighted by atomic mass is 16.4. The van der Waals surface area contributed by atoms with Crippen LogP contribution in [0.25, 0.3) is 11.1 Å². The third-order valence-electron chi connectivity index (χ3n) is 4.57. The van der Waals surface area contributed by atoms with Crippen molar-refractivity contribution < 1.29 is 9.90 Å². The van der Waals surface area contributed by atoms with Crippen molar-refractivity contribution >= 4 is 5.97 Å². The van der Waals surface area contributed by atoms with Gasteiger partial charge in [-0.15, -0.1) is 0 Å². The van der Waals surface area contributed by atoms with Crippen molar-refractivity contribution in [1.82, 2.24) is 9.47 Å². The molecular weight excluding hydrogens is 304 g/mol. The second-order valence-corrected chi connectivity index (χ2v) is 6.21. The molecule has 24 heavy (non-hydrogen) atoms. The number of benzene rings is 1. The van der Waals surface area contributed by atoms with Crippen LogP contribution in [-0.4, -0.2) is 40.2 Å². The maximum atomic E-state index is 12.7. The van der Waals surface area contributed by atoms with Crippen molar-refractivity contribution in [3.63, 3.8) is 0 Å². The molecule has 2 heterocycles. The molecule has 1 saturated heterocycles. The van der Waals surface area contributed by atoms with E-state index in [-0.39, 0.29) is 11.1 Å². The predicted octanol–water partition coefficient (Wildman–Crippen LogP) is 2.70. The van der Waals surface area contributed by atoms with Gasteiger partial charge in [-0.3, -0.25) is 4.79 Å². The highest BCUT2D eigenvalue weighted by Crippen LogP contribution is 2.16. The molecule has 0 spiro atoms. The van der Waals surface area contributed by atoms with Crippen LogP contribution in [0.1, 0.15) is 29.6 Å². The summed E-state index contributed by atoms with van der Waals surface area (Å²) < 4.78 is 1.75. The number of aromatic nitrogens is 1. The van der Waals surface area contributed by atoms with Crippen molar-refractivity contribution in [2.45, 2.75) is 25.8 Å². The minimum atomic E-state index is -0.964. The molecule has 0 unspecified atom stereocenters. The first-order valence-corrected chi connectivity index (χ1v) is 8.41. The van der Waals surface area contributed by atoms with E-state index >= 15 is 0 Å². The lowest BCUT2D eigenvalue weighted by atomic mass is 10.1. The summed E-state index contributed by atoms with van der Waals surface area (Å²) in [7, 11) is 0. The molecular formula is C19H22N2O3. The average Bonchev–Trinajstić information content (AvgIpc) is 2.62. The van der Waals surface area contributed by atoms with Gasteiger partial charge in [-0.2, -0.15) is 0 Å². The van der Waals surface area contributed by atoms with Crippen LogP contribution in [0.15, 0.2) is 47.4 Å². The van der Waals surface area contributed by atoms with Gasteiger partial charge in [0, 0.05) is 24.8 Å². The van der Waals surface area contributed by atoms with Crippen LogP contribution in [0.4, 0.5) is 0 Å². The molecule has 5 heteroatoms. The number of carboxylic acids is 1. The highest BCUT2D eigenvalue weighted by Gasteiger charge is 2.11. The van der Waals surface area contributed by atoms with E-state index in [1.807, 2.05) is 12.3 Å². The van der Waals surface area contributed by atoms with Crippen molar-refractivity contribution in [3.8, 4) is 11.1 Å². The third-order valence-corrected chi connectivity index (χ3v) is 4.57. The Labute approximate surface area is 141 Å². The van der Waals surface area contributed by atoms with Crippen molar-refractivity contribution in [2.24, 2.45) is 0 Å². The molecule has 0 radical (unpaired) electrons. The van der Waals surface area contributed by atoms with Gasteiger partial charge in [0.15, 0.2) is 0 Å². The van der Waals surface area contributed by atoms with Gasteiger partial charge in [0.1, 0.15) is 0 Å². The zero-order chi connectivity index (χ0) is 16.9. The summed E-state index contributed by atoms with van der Waals surface area (Å²) in [6.45, 7) is 3.80. The topological polar surface area (TPSA) is 62.5 Å². The molecule has 3 rings (SSSR count). The maximum absolute atomic E-state index is 12.7. The summed E-state index contributed by atoms with van der Waals surface area (Å²) in [5, 5.41) is 8.97. The molecule has 2 aromatic rings. The molecule has 1 fully saturated rings. The number of rotatable bonds is 5. The van der Waals surface area contributed by atoms with E-state index in [4.69, 9.17) is 5.11 Å². The minimum Gasteiger partial charge on any atom is -0.478 e. The Hall–Kier alpha value is -2.40. The van der Waals surface area contributed by atoms with Crippen LogP contribution in [0, 0.1) is 0 Å². The van der Waals surface area contributed by atoms with E-state index in [0.717, 1.165) is 25.2 Å². The van der Waals surface area contributed by atoms with Crippen molar-refractivity contribution in [3.05, 3.63) is 58.5 Å². The highest BCUT2D eigenvalue weighted by molar-refractivity contribution is 5.88. The number of pyridine rings is 1. The van der Waals surface area contributed by atoms with Gasteiger partial charge >= 0.3 is 5.97 Å². The lowest BCUT2D eigenvalue weighted by Crippen LogP contribution is -2.34. The fourth-order valence-electron chi connectivity index (χ4n) is 3.16. The standard InChI is InChI=1S/C19H22N2O3/c22-18-17(15-6-8-16(9-7-15)19(23)24)5-4-12-21(18)14-13-20-10-2-1-3-11-20/h4-9,12H,1-3,10-11,13-14H2,(H,23,24). The molecule has 0 atom stereocenters. The van der Waals surface area contributed by atoms with Crippen LogP contribution < -0.4 is 5.56 Å². The Morgan fingerprint density at radius 2 is 1.71 bits per heavy atom. The van der Waals surface area contributed by atoms with Gasteiger partial charge in [-0.1, -0.05) is 18.6 Å². The molecule has 1 aromatic heterocycles. The largest absolute Gasteiger partial charge is 0.478 e. The van der Waals surface area contributed by atoms with E-state index in [2.05, 4.69) is 4.90 Å². The Morgan fingerprint density at radius 3 is 2.38 bits per heavy atom. The zero-order valence-corrected chi connectivity index (χ0v) is 13.6. The molecule has 0 saturated carbocycles. The first kappa shape index (κ1) is 16.5. The summed E-state index contributed by atoms with van der Waals surface area (Å²) in [6, 6.07) is 10.1. The van der Waals surface area contributed by atoms with Gasteiger partial charge in [-0.25, -0.2) is 4.79 Å². The predicted molar refractivity (Wildman–Crippen MR) is 93.4 cm³/mol. The molecule has 1 aliphatic rings. The number of likely N-dealkylation sites (tertiary alicyclic amines) is 1. The van der Waals surface area contributed by atoms with E-state index in [1.54, 1.807) is 22.8 Å². The lowest BCUT2D eigenvalue weighted by molar-refractivity contribution is 0.0697. The van der Waals surface area contributed by atoms with E-state index < -0.39 is 5.97 Å². The van der Waals surface area contributed by atoms with Gasteiger partial charge in [-0.05, 0) is 55.8 Å². The van der Waals surface area contributed by atoms with E-state index in [1.165, 1.54) is 31.4 Å². The van der Waals surface area contributed by atoms with Crippen LogP contribution >= 0.6 is 0 Å². The Kier molecular flexibility index (Phi) is 5.11. The average molecular weight is 326 g/mol. The smallest absolute Gasteiger partial charge is 0.335 e. The van der Waals surface area contributed by atoms with Gasteiger partial charge in [0.2, 0.25) is 0 Å². The maximum Gasteiger partial charge on any atom is 0.335 e. The molecule has 1 N–H and O–H groups in total. The zero-order valence-electron chi connectivity index (χ0n) is 13.6. The Morgan fingerprint density at radius 1 is 1.00 bits per heavy atom. The number of aromatic carboxylic acids is 1. The molecule has 1 aliphatic heterocycles. The number of piperidine rings is 1. The normalized spacial score (nSPS) is 15.3. The van der Waals surface area contributed by atoms with Crippen molar-refractivity contribution in [2.75, 3.05) is 19.6 Å². The van der Waals surface area contributed by atoms with E-state index in [9.17, 15) is 9.59 Å². The second-order valence-electron chi connectivity index (χ2n) is 6.21. The molecule has 1 aromatic carbocycles. The summed E-state index contributed by atoms with van der Waals surface area (Å²) >= 11 is 0. The SMILES string of the molecule is O=C(O)c1ccc(-c2cccn(CCN3CCCCC3)c2=O)cc1. The number of hydrogen-bond donors (Lipinski definition) is 1. The Bertz CT molecular complexity index is 759. The number of hydrogen-bond acceptors (Lipinski definition) is 3. The number of carbonyl (C=O) groups is 1. The molecule has 0 bridgehead atoms. The first-order chi connectivity index (χ1) is 11.6. The molecule has 0 aliphatic carbocycles. The molecule has 5 nitrogen and oxygen atoms in total. The summed E-state index contributed by atoms with van der Waals surface area (Å²) in [4.78, 5) is 26.0. The van der Waals surface area contributed by atoms with Crippen LogP contribution in [0.2, 0.25) is 0 Å². The quantitative estimate of drug-likeness (QED) is 0.917. The Balaban J connectivity index is 1.77. The minimum absolute atomic E-state index is 0.0300. The summed E-state index contributed by atoms with van der Waals surface area (Å²) in [5.41, 5.74) is 1.54. The van der Waals surface area contributed by atoms with Gasteiger partial charge in [0.05, 0.1) is 5.56 Å². The van der Waals surface area contributed by atoms with E-state index in [0.29, 0.717) is 12.1 Å². The third kappa shape index (κ3) is 3.74. The fourth-order valence-corrected chi connectivity index (χ4v) is 3.16. The van der Waals surface area contributed by atoms with Crippen LogP contribution in [0.5, 0.6) is 0 Å². The molecule has 126 valence electrons. The second kappa shape index (κ2) is 7.45. The first-order valence-electron chi connectivity index (χ1n) is 8.41. The summed E-state index contributed by atoms with van der Waals surface area (Å²) in [6.07, 6.45) is 5.61. The monoisotopic (exact) mass is 326 g/mol.